The molecule has 2 aromatic rings. The molecule has 3 aliphatic rings. The number of nitrogens with zero attached hydrogens (tertiary/aromatic N) is 3. The van der Waals surface area contributed by atoms with Crippen LogP contribution in [0.5, 0.6) is 0 Å². The zero-order chi connectivity index (χ0) is 26.9. The van der Waals surface area contributed by atoms with E-state index < -0.39 is 15.9 Å². The van der Waals surface area contributed by atoms with Crippen LogP contribution in [0.25, 0.3) is 0 Å². The van der Waals surface area contributed by atoms with Crippen LogP contribution >= 0.6 is 11.3 Å². The fourth-order valence-corrected chi connectivity index (χ4v) is 8.22. The maximum absolute atomic E-state index is 13.5. The second kappa shape index (κ2) is 11.2. The van der Waals surface area contributed by atoms with Crippen molar-refractivity contribution >= 4 is 44.1 Å². The number of hydrogen-bond donors (Lipinski definition) is 1. The lowest BCUT2D eigenvalue weighted by atomic mass is 10.0. The molecule has 2 fully saturated rings. The van der Waals surface area contributed by atoms with Gasteiger partial charge in [0.25, 0.3) is 11.8 Å². The Morgan fingerprint density at radius 3 is 2.11 bits per heavy atom. The zero-order valence-corrected chi connectivity index (χ0v) is 23.3. The number of carbonyl (C=O) groups excluding carboxylic acids is 3. The van der Waals surface area contributed by atoms with Gasteiger partial charge < -0.3 is 15.1 Å². The van der Waals surface area contributed by atoms with E-state index in [4.69, 9.17) is 0 Å². The molecule has 1 aromatic heterocycles. The quantitative estimate of drug-likeness (QED) is 0.602. The monoisotopic (exact) mass is 558 g/mol. The molecule has 2 saturated heterocycles. The highest BCUT2D eigenvalue weighted by atomic mass is 32.2. The number of sulfonamides is 1. The van der Waals surface area contributed by atoms with Gasteiger partial charge in [-0.2, -0.15) is 4.31 Å². The summed E-state index contributed by atoms with van der Waals surface area (Å²) in [7, 11) is -3.61. The third kappa shape index (κ3) is 5.37. The molecular weight excluding hydrogens is 524 g/mol. The molecule has 11 heteroatoms. The minimum atomic E-state index is -3.61. The molecule has 0 saturated carbocycles. The Morgan fingerprint density at radius 2 is 1.47 bits per heavy atom. The van der Waals surface area contributed by atoms with Crippen LogP contribution in [0.3, 0.4) is 0 Å². The number of fused-ring (bicyclic) bond motifs is 1. The number of rotatable bonds is 5. The van der Waals surface area contributed by atoms with Crippen molar-refractivity contribution in [1.29, 1.82) is 0 Å². The van der Waals surface area contributed by atoms with Gasteiger partial charge in [-0.15, -0.1) is 11.3 Å². The number of thiophene rings is 1. The van der Waals surface area contributed by atoms with Crippen LogP contribution < -0.4 is 5.32 Å². The summed E-state index contributed by atoms with van der Waals surface area (Å²) in [6.07, 6.45) is 6.27. The maximum Gasteiger partial charge on any atom is 0.257 e. The normalized spacial score (nSPS) is 18.7. The average molecular weight is 559 g/mol. The van der Waals surface area contributed by atoms with Crippen molar-refractivity contribution in [2.75, 3.05) is 38.0 Å². The van der Waals surface area contributed by atoms with E-state index in [-0.39, 0.29) is 16.7 Å². The summed E-state index contributed by atoms with van der Waals surface area (Å²) in [6.45, 7) is 4.93. The molecule has 1 aromatic carbocycles. The third-order valence-electron chi connectivity index (χ3n) is 7.66. The van der Waals surface area contributed by atoms with Gasteiger partial charge in [0.1, 0.15) is 5.00 Å². The van der Waals surface area contributed by atoms with E-state index in [1.807, 2.05) is 4.90 Å². The van der Waals surface area contributed by atoms with Crippen LogP contribution in [0, 0.1) is 0 Å². The number of carbonyl (C=O) groups is 3. The molecule has 4 heterocycles. The average Bonchev–Trinajstić information content (AvgIpc) is 3.48. The first kappa shape index (κ1) is 26.8. The second-order valence-corrected chi connectivity index (χ2v) is 13.2. The molecule has 38 heavy (non-hydrogen) atoms. The number of likely N-dealkylation sites (tertiary alicyclic amines) is 1. The van der Waals surface area contributed by atoms with Gasteiger partial charge in [0.15, 0.2) is 0 Å². The highest BCUT2D eigenvalue weighted by molar-refractivity contribution is 7.89. The number of nitrogens with one attached hydrogen (secondary N) is 1. The van der Waals surface area contributed by atoms with E-state index >= 15 is 0 Å². The standard InChI is InChI=1S/C27H34N4O5S2/c1-19(32)30-17-12-22-23(18-30)37-26(24(22)27(34)29-13-6-7-14-29)28-25(33)20-8-10-21(11-9-20)38(35,36)31-15-4-2-3-5-16-31/h8-11H,2-7,12-18H2,1H3,(H,28,33). The molecule has 0 atom stereocenters. The van der Waals surface area contributed by atoms with Crippen molar-refractivity contribution < 1.29 is 22.8 Å². The number of benzene rings is 1. The van der Waals surface area contributed by atoms with Crippen LogP contribution in [0.2, 0.25) is 0 Å². The summed E-state index contributed by atoms with van der Waals surface area (Å²) in [6, 6.07) is 6.01. The van der Waals surface area contributed by atoms with Gasteiger partial charge in [-0.05, 0) is 61.9 Å². The highest BCUT2D eigenvalue weighted by Crippen LogP contribution is 2.38. The van der Waals surface area contributed by atoms with E-state index in [2.05, 4.69) is 5.32 Å². The Balaban J connectivity index is 1.38. The van der Waals surface area contributed by atoms with E-state index in [0.717, 1.165) is 49.0 Å². The number of hydrogen-bond acceptors (Lipinski definition) is 6. The van der Waals surface area contributed by atoms with Gasteiger partial charge >= 0.3 is 0 Å². The van der Waals surface area contributed by atoms with Gasteiger partial charge in [0, 0.05) is 50.1 Å². The fourth-order valence-electron chi connectivity index (χ4n) is 5.45. The largest absolute Gasteiger partial charge is 0.339 e. The lowest BCUT2D eigenvalue weighted by Crippen LogP contribution is -2.35. The van der Waals surface area contributed by atoms with Crippen molar-refractivity contribution in [2.45, 2.75) is 63.3 Å². The first-order valence-corrected chi connectivity index (χ1v) is 15.6. The molecule has 9 nitrogen and oxygen atoms in total. The molecule has 3 aliphatic heterocycles. The number of amides is 3. The smallest absolute Gasteiger partial charge is 0.257 e. The van der Waals surface area contributed by atoms with Crippen molar-refractivity contribution in [1.82, 2.24) is 14.1 Å². The SMILES string of the molecule is CC(=O)N1CCc2c(sc(NC(=O)c3ccc(S(=O)(=O)N4CCCCCC4)cc3)c2C(=O)N2CCCC2)C1. The van der Waals surface area contributed by atoms with Crippen LogP contribution in [0.1, 0.15) is 76.6 Å². The molecule has 0 bridgehead atoms. The van der Waals surface area contributed by atoms with E-state index in [0.29, 0.717) is 61.8 Å². The maximum atomic E-state index is 13.5. The summed E-state index contributed by atoms with van der Waals surface area (Å²) in [4.78, 5) is 43.4. The molecule has 5 rings (SSSR count). The summed E-state index contributed by atoms with van der Waals surface area (Å²) in [5.41, 5.74) is 1.76. The summed E-state index contributed by atoms with van der Waals surface area (Å²) < 4.78 is 27.7. The summed E-state index contributed by atoms with van der Waals surface area (Å²) in [5.74, 6) is -0.496. The lowest BCUT2D eigenvalue weighted by molar-refractivity contribution is -0.129. The zero-order valence-electron chi connectivity index (χ0n) is 21.7. The van der Waals surface area contributed by atoms with E-state index in [1.54, 1.807) is 4.90 Å². The molecule has 0 unspecified atom stereocenters. The number of anilines is 1. The topological polar surface area (TPSA) is 107 Å². The van der Waals surface area contributed by atoms with Crippen molar-refractivity contribution in [3.8, 4) is 0 Å². The van der Waals surface area contributed by atoms with Crippen LogP contribution in [-0.4, -0.2) is 73.0 Å². The molecular formula is C27H34N4O5S2. The van der Waals surface area contributed by atoms with Crippen LogP contribution in [-0.2, 0) is 27.8 Å². The summed E-state index contributed by atoms with van der Waals surface area (Å²) in [5, 5.41) is 3.42. The molecule has 1 N–H and O–H groups in total. The Labute approximate surface area is 227 Å². The Bertz CT molecular complexity index is 1320. The minimum Gasteiger partial charge on any atom is -0.339 e. The minimum absolute atomic E-state index is 0.0164. The van der Waals surface area contributed by atoms with Crippen LogP contribution in [0.15, 0.2) is 29.2 Å². The first-order valence-electron chi connectivity index (χ1n) is 13.4. The Kier molecular flexibility index (Phi) is 7.88. The Hall–Kier alpha value is -2.76. The molecule has 0 aliphatic carbocycles. The second-order valence-electron chi connectivity index (χ2n) is 10.2. The van der Waals surface area contributed by atoms with Gasteiger partial charge in [0.2, 0.25) is 15.9 Å². The molecule has 3 amide bonds. The van der Waals surface area contributed by atoms with Gasteiger partial charge in [-0.3, -0.25) is 14.4 Å². The van der Waals surface area contributed by atoms with Crippen LogP contribution in [0.4, 0.5) is 5.00 Å². The first-order chi connectivity index (χ1) is 18.3. The fraction of sp³-hybridized carbons (Fsp3) is 0.519. The van der Waals surface area contributed by atoms with Gasteiger partial charge in [-0.25, -0.2) is 8.42 Å². The molecule has 0 spiro atoms. The van der Waals surface area contributed by atoms with Crippen molar-refractivity contribution in [3.05, 3.63) is 45.8 Å². The Morgan fingerprint density at radius 1 is 0.842 bits per heavy atom. The van der Waals surface area contributed by atoms with E-state index in [9.17, 15) is 22.8 Å². The predicted octanol–water partition coefficient (Wildman–Crippen LogP) is 3.71. The highest BCUT2D eigenvalue weighted by Gasteiger charge is 2.33. The lowest BCUT2D eigenvalue weighted by Gasteiger charge is -2.26. The molecule has 0 radical (unpaired) electrons. The van der Waals surface area contributed by atoms with Crippen molar-refractivity contribution in [3.63, 3.8) is 0 Å². The predicted molar refractivity (Wildman–Crippen MR) is 146 cm³/mol. The van der Waals surface area contributed by atoms with Gasteiger partial charge in [0.05, 0.1) is 17.0 Å². The molecule has 204 valence electrons. The summed E-state index contributed by atoms with van der Waals surface area (Å²) >= 11 is 1.35. The van der Waals surface area contributed by atoms with E-state index in [1.165, 1.54) is 46.8 Å². The van der Waals surface area contributed by atoms with Gasteiger partial charge in [-0.1, -0.05) is 12.8 Å². The third-order valence-corrected chi connectivity index (χ3v) is 10.7. The van der Waals surface area contributed by atoms with Crippen molar-refractivity contribution in [2.24, 2.45) is 0 Å².